The van der Waals surface area contributed by atoms with Crippen molar-refractivity contribution in [3.8, 4) is 11.8 Å². The molecule has 1 aromatic rings. The van der Waals surface area contributed by atoms with Gasteiger partial charge in [-0.15, -0.1) is 0 Å². The Morgan fingerprint density at radius 1 is 1.25 bits per heavy atom. The molecular formula is C17H24N2O. The van der Waals surface area contributed by atoms with Gasteiger partial charge in [-0.25, -0.2) is 0 Å². The van der Waals surface area contributed by atoms with Crippen LogP contribution in [0.4, 0.5) is 0 Å². The Kier molecular flexibility index (Phi) is 5.88. The van der Waals surface area contributed by atoms with Crippen LogP contribution in [0, 0.1) is 23.2 Å². The number of hydrogen-bond acceptors (Lipinski definition) is 3. The number of nitriles is 1. The van der Waals surface area contributed by atoms with E-state index in [1.54, 1.807) is 0 Å². The van der Waals surface area contributed by atoms with Crippen molar-refractivity contribution in [1.82, 2.24) is 5.32 Å². The summed E-state index contributed by atoms with van der Waals surface area (Å²) in [6.07, 6.45) is 5.43. The van der Waals surface area contributed by atoms with Gasteiger partial charge in [0.05, 0.1) is 0 Å². The number of hydrogen-bond donors (Lipinski definition) is 1. The quantitative estimate of drug-likeness (QED) is 0.862. The van der Waals surface area contributed by atoms with E-state index in [1.807, 2.05) is 24.3 Å². The monoisotopic (exact) mass is 272 g/mol. The largest absolute Gasteiger partial charge is 0.478 e. The van der Waals surface area contributed by atoms with Crippen LogP contribution in [0.3, 0.4) is 0 Å². The molecule has 0 bridgehead atoms. The Balaban J connectivity index is 1.77. The molecule has 0 atom stereocenters. The highest BCUT2D eigenvalue weighted by Crippen LogP contribution is 2.27. The zero-order valence-electron chi connectivity index (χ0n) is 12.3. The van der Waals surface area contributed by atoms with Crippen LogP contribution in [0.5, 0.6) is 5.75 Å². The zero-order valence-corrected chi connectivity index (χ0v) is 12.3. The van der Waals surface area contributed by atoms with E-state index in [-0.39, 0.29) is 6.61 Å². The van der Waals surface area contributed by atoms with Gasteiger partial charge in [-0.05, 0) is 37.3 Å². The minimum atomic E-state index is 0.109. The Hall–Kier alpha value is -1.53. The van der Waals surface area contributed by atoms with E-state index in [2.05, 4.69) is 18.3 Å². The summed E-state index contributed by atoms with van der Waals surface area (Å²) >= 11 is 0. The Morgan fingerprint density at radius 2 is 2.00 bits per heavy atom. The van der Waals surface area contributed by atoms with E-state index < -0.39 is 0 Å². The third-order valence-corrected chi connectivity index (χ3v) is 4.15. The SMILES string of the molecule is CC1CCC(CNCc2ccccc2OCC#N)CC1. The molecule has 1 N–H and O–H groups in total. The van der Waals surface area contributed by atoms with Gasteiger partial charge >= 0.3 is 0 Å². The lowest BCUT2D eigenvalue weighted by atomic mass is 9.83. The van der Waals surface area contributed by atoms with Gasteiger partial charge < -0.3 is 10.1 Å². The van der Waals surface area contributed by atoms with E-state index >= 15 is 0 Å². The van der Waals surface area contributed by atoms with Gasteiger partial charge in [-0.3, -0.25) is 0 Å². The van der Waals surface area contributed by atoms with Crippen molar-refractivity contribution in [2.75, 3.05) is 13.2 Å². The molecule has 108 valence electrons. The lowest BCUT2D eigenvalue weighted by Crippen LogP contribution is -2.25. The molecule has 20 heavy (non-hydrogen) atoms. The second kappa shape index (κ2) is 7.91. The predicted octanol–water partition coefficient (Wildman–Crippen LogP) is 3.50. The third kappa shape index (κ3) is 4.54. The van der Waals surface area contributed by atoms with Crippen molar-refractivity contribution >= 4 is 0 Å². The van der Waals surface area contributed by atoms with Crippen LogP contribution in [0.15, 0.2) is 24.3 Å². The predicted molar refractivity (Wildman–Crippen MR) is 80.4 cm³/mol. The zero-order chi connectivity index (χ0) is 14.2. The van der Waals surface area contributed by atoms with Crippen LogP contribution < -0.4 is 10.1 Å². The number of nitrogens with one attached hydrogen (secondary N) is 1. The van der Waals surface area contributed by atoms with Crippen LogP contribution in [0.1, 0.15) is 38.2 Å². The van der Waals surface area contributed by atoms with Crippen molar-refractivity contribution in [2.24, 2.45) is 11.8 Å². The molecule has 2 rings (SSSR count). The van der Waals surface area contributed by atoms with Crippen molar-refractivity contribution in [2.45, 2.75) is 39.2 Å². The van der Waals surface area contributed by atoms with Crippen LogP contribution in [-0.4, -0.2) is 13.2 Å². The number of nitrogens with zero attached hydrogens (tertiary/aromatic N) is 1. The fourth-order valence-electron chi connectivity index (χ4n) is 2.84. The normalized spacial score (nSPS) is 22.2. The van der Waals surface area contributed by atoms with E-state index in [0.717, 1.165) is 36.2 Å². The smallest absolute Gasteiger partial charge is 0.174 e. The van der Waals surface area contributed by atoms with Crippen LogP contribution >= 0.6 is 0 Å². The molecule has 1 aliphatic carbocycles. The first-order valence-electron chi connectivity index (χ1n) is 7.58. The average Bonchev–Trinajstić information content (AvgIpc) is 2.48. The third-order valence-electron chi connectivity index (χ3n) is 4.15. The molecular weight excluding hydrogens is 248 g/mol. The summed E-state index contributed by atoms with van der Waals surface area (Å²) in [5, 5.41) is 12.1. The molecule has 1 saturated carbocycles. The van der Waals surface area contributed by atoms with E-state index in [4.69, 9.17) is 10.00 Å². The van der Waals surface area contributed by atoms with Gasteiger partial charge in [0, 0.05) is 12.1 Å². The van der Waals surface area contributed by atoms with Crippen molar-refractivity contribution in [1.29, 1.82) is 5.26 Å². The Labute approximate surface area is 121 Å². The summed E-state index contributed by atoms with van der Waals surface area (Å²) in [5.41, 5.74) is 1.13. The summed E-state index contributed by atoms with van der Waals surface area (Å²) in [5.74, 6) is 2.54. The Morgan fingerprint density at radius 3 is 2.75 bits per heavy atom. The molecule has 0 saturated heterocycles. The fraction of sp³-hybridized carbons (Fsp3) is 0.588. The van der Waals surface area contributed by atoms with Gasteiger partial charge in [0.15, 0.2) is 6.61 Å². The summed E-state index contributed by atoms with van der Waals surface area (Å²) < 4.78 is 5.44. The topological polar surface area (TPSA) is 45.0 Å². The summed E-state index contributed by atoms with van der Waals surface area (Å²) in [6, 6.07) is 9.95. The molecule has 0 aliphatic heterocycles. The highest BCUT2D eigenvalue weighted by molar-refractivity contribution is 5.33. The van der Waals surface area contributed by atoms with Gasteiger partial charge in [0.1, 0.15) is 11.8 Å². The lowest BCUT2D eigenvalue weighted by molar-refractivity contribution is 0.281. The van der Waals surface area contributed by atoms with E-state index in [9.17, 15) is 0 Å². The molecule has 0 radical (unpaired) electrons. The first-order valence-corrected chi connectivity index (χ1v) is 7.58. The molecule has 0 amide bonds. The minimum Gasteiger partial charge on any atom is -0.478 e. The van der Waals surface area contributed by atoms with Gasteiger partial charge in [0.2, 0.25) is 0 Å². The summed E-state index contributed by atoms with van der Waals surface area (Å²) in [7, 11) is 0. The van der Waals surface area contributed by atoms with E-state index in [0.29, 0.717) is 0 Å². The second-order valence-electron chi connectivity index (χ2n) is 5.81. The van der Waals surface area contributed by atoms with Crippen LogP contribution in [0.2, 0.25) is 0 Å². The van der Waals surface area contributed by atoms with Crippen LogP contribution in [0.25, 0.3) is 0 Å². The molecule has 0 heterocycles. The second-order valence-corrected chi connectivity index (χ2v) is 5.81. The molecule has 0 aromatic heterocycles. The number of para-hydroxylation sites is 1. The number of rotatable bonds is 6. The fourth-order valence-corrected chi connectivity index (χ4v) is 2.84. The lowest BCUT2D eigenvalue weighted by Gasteiger charge is -2.26. The van der Waals surface area contributed by atoms with Gasteiger partial charge in [-0.2, -0.15) is 5.26 Å². The Bertz CT molecular complexity index is 445. The van der Waals surface area contributed by atoms with Crippen molar-refractivity contribution < 1.29 is 4.74 Å². The maximum atomic E-state index is 8.60. The maximum Gasteiger partial charge on any atom is 0.174 e. The first-order chi connectivity index (χ1) is 9.79. The highest BCUT2D eigenvalue weighted by Gasteiger charge is 2.17. The molecule has 3 nitrogen and oxygen atoms in total. The van der Waals surface area contributed by atoms with Crippen molar-refractivity contribution in [3.05, 3.63) is 29.8 Å². The average molecular weight is 272 g/mol. The summed E-state index contributed by atoms with van der Waals surface area (Å²) in [4.78, 5) is 0. The molecule has 1 aliphatic rings. The molecule has 3 heteroatoms. The van der Waals surface area contributed by atoms with Crippen molar-refractivity contribution in [3.63, 3.8) is 0 Å². The van der Waals surface area contributed by atoms with Gasteiger partial charge in [0.25, 0.3) is 0 Å². The van der Waals surface area contributed by atoms with Crippen LogP contribution in [-0.2, 0) is 6.54 Å². The molecule has 0 unspecified atom stereocenters. The number of ether oxygens (including phenoxy) is 1. The van der Waals surface area contributed by atoms with Gasteiger partial charge in [-0.1, -0.05) is 38.0 Å². The molecule has 0 spiro atoms. The summed E-state index contributed by atoms with van der Waals surface area (Å²) in [6.45, 7) is 4.36. The number of benzene rings is 1. The molecule has 1 aromatic carbocycles. The highest BCUT2D eigenvalue weighted by atomic mass is 16.5. The molecule has 1 fully saturated rings. The maximum absolute atomic E-state index is 8.60. The van der Waals surface area contributed by atoms with E-state index in [1.165, 1.54) is 25.7 Å². The standard InChI is InChI=1S/C17H24N2O/c1-14-6-8-15(9-7-14)12-19-13-16-4-2-3-5-17(16)20-11-10-18/h2-5,14-15,19H,6-9,11-13H2,1H3. The minimum absolute atomic E-state index is 0.109. The first kappa shape index (κ1) is 14.9.